The first-order valence-corrected chi connectivity index (χ1v) is 3.95. The number of aliphatic hydroxyl groups excluding tert-OH is 1. The van der Waals surface area contributed by atoms with Crippen molar-refractivity contribution in [2.75, 3.05) is 6.61 Å². The van der Waals surface area contributed by atoms with Gasteiger partial charge in [-0.25, -0.2) is 9.97 Å². The van der Waals surface area contributed by atoms with Gasteiger partial charge >= 0.3 is 0 Å². The number of aromatic nitrogens is 2. The Morgan fingerprint density at radius 1 is 1.42 bits per heavy atom. The van der Waals surface area contributed by atoms with Crippen molar-refractivity contribution in [1.29, 1.82) is 0 Å². The summed E-state index contributed by atoms with van der Waals surface area (Å²) in [7, 11) is 0. The third kappa shape index (κ3) is 2.94. The number of nitrogens with two attached hydrogens (primary N) is 1. The lowest BCUT2D eigenvalue weighted by Gasteiger charge is -2.07. The number of hydrogen-bond acceptors (Lipinski definition) is 4. The largest absolute Gasteiger partial charge is 0.396 e. The van der Waals surface area contributed by atoms with Crippen molar-refractivity contribution in [3.05, 3.63) is 24.3 Å². The van der Waals surface area contributed by atoms with Crippen molar-refractivity contribution < 1.29 is 5.11 Å². The van der Waals surface area contributed by atoms with E-state index in [2.05, 4.69) is 9.97 Å². The number of rotatable bonds is 4. The monoisotopic (exact) mass is 167 g/mol. The Morgan fingerprint density at radius 3 is 2.67 bits per heavy atom. The zero-order valence-corrected chi connectivity index (χ0v) is 6.85. The standard InChI is InChI=1S/C8H13N3O/c9-7(2-5-12)6-8-10-3-1-4-11-8/h1,3-4,7,12H,2,5-6,9H2/t7-/m0/s1. The number of aliphatic hydroxyl groups is 1. The van der Waals surface area contributed by atoms with Gasteiger partial charge in [0.2, 0.25) is 0 Å². The Kier molecular flexibility index (Phi) is 3.63. The van der Waals surface area contributed by atoms with E-state index in [1.54, 1.807) is 18.5 Å². The minimum atomic E-state index is -0.0441. The average Bonchev–Trinajstić information content (AvgIpc) is 2.06. The van der Waals surface area contributed by atoms with Crippen molar-refractivity contribution in [3.8, 4) is 0 Å². The third-order valence-electron chi connectivity index (χ3n) is 1.56. The quantitative estimate of drug-likeness (QED) is 0.647. The van der Waals surface area contributed by atoms with Gasteiger partial charge in [0.05, 0.1) is 0 Å². The van der Waals surface area contributed by atoms with Gasteiger partial charge in [-0.15, -0.1) is 0 Å². The summed E-state index contributed by atoms with van der Waals surface area (Å²) in [5.74, 6) is 0.735. The first-order valence-electron chi connectivity index (χ1n) is 3.95. The molecule has 1 rings (SSSR count). The fourth-order valence-corrected chi connectivity index (χ4v) is 0.938. The molecule has 0 bridgehead atoms. The summed E-state index contributed by atoms with van der Waals surface area (Å²) in [5.41, 5.74) is 5.68. The van der Waals surface area contributed by atoms with Crippen molar-refractivity contribution in [3.63, 3.8) is 0 Å². The van der Waals surface area contributed by atoms with Crippen LogP contribution in [-0.4, -0.2) is 27.7 Å². The molecule has 0 aliphatic rings. The minimum Gasteiger partial charge on any atom is -0.396 e. The topological polar surface area (TPSA) is 72.0 Å². The number of nitrogens with zero attached hydrogens (tertiary/aromatic N) is 2. The second kappa shape index (κ2) is 4.79. The maximum absolute atomic E-state index is 8.59. The SMILES string of the molecule is N[C@@H](CCO)Cc1ncccn1. The lowest BCUT2D eigenvalue weighted by Crippen LogP contribution is -2.24. The van der Waals surface area contributed by atoms with Crippen LogP contribution in [0.5, 0.6) is 0 Å². The van der Waals surface area contributed by atoms with E-state index in [1.165, 1.54) is 0 Å². The molecule has 66 valence electrons. The summed E-state index contributed by atoms with van der Waals surface area (Å²) in [6.07, 6.45) is 4.60. The van der Waals surface area contributed by atoms with E-state index in [1.807, 2.05) is 0 Å². The lowest BCUT2D eigenvalue weighted by molar-refractivity contribution is 0.275. The molecule has 1 heterocycles. The van der Waals surface area contributed by atoms with E-state index in [0.29, 0.717) is 12.8 Å². The fraction of sp³-hybridized carbons (Fsp3) is 0.500. The molecule has 0 aliphatic carbocycles. The number of hydrogen-bond donors (Lipinski definition) is 2. The summed E-state index contributed by atoms with van der Waals surface area (Å²) in [4.78, 5) is 8.06. The van der Waals surface area contributed by atoms with Crippen LogP contribution in [0.1, 0.15) is 12.2 Å². The van der Waals surface area contributed by atoms with Gasteiger partial charge in [-0.05, 0) is 12.5 Å². The minimum absolute atomic E-state index is 0.0441. The van der Waals surface area contributed by atoms with Crippen LogP contribution in [0.4, 0.5) is 0 Å². The van der Waals surface area contributed by atoms with Gasteiger partial charge in [-0.1, -0.05) is 0 Å². The predicted molar refractivity (Wildman–Crippen MR) is 45.4 cm³/mol. The first-order chi connectivity index (χ1) is 5.83. The Labute approximate surface area is 71.5 Å². The van der Waals surface area contributed by atoms with Crippen LogP contribution in [0.25, 0.3) is 0 Å². The van der Waals surface area contributed by atoms with E-state index in [9.17, 15) is 0 Å². The molecule has 1 aromatic heterocycles. The average molecular weight is 167 g/mol. The highest BCUT2D eigenvalue weighted by Gasteiger charge is 2.03. The van der Waals surface area contributed by atoms with Crippen LogP contribution >= 0.6 is 0 Å². The van der Waals surface area contributed by atoms with Crippen LogP contribution in [0.3, 0.4) is 0 Å². The van der Waals surface area contributed by atoms with Crippen LogP contribution in [0, 0.1) is 0 Å². The molecular weight excluding hydrogens is 154 g/mol. The van der Waals surface area contributed by atoms with Gasteiger partial charge in [-0.2, -0.15) is 0 Å². The van der Waals surface area contributed by atoms with Crippen LogP contribution in [0.15, 0.2) is 18.5 Å². The van der Waals surface area contributed by atoms with Gasteiger partial charge in [0.15, 0.2) is 0 Å². The van der Waals surface area contributed by atoms with Crippen LogP contribution in [-0.2, 0) is 6.42 Å². The molecule has 0 saturated carbocycles. The molecule has 3 N–H and O–H groups in total. The molecular formula is C8H13N3O. The molecule has 0 aromatic carbocycles. The molecule has 0 fully saturated rings. The van der Waals surface area contributed by atoms with E-state index in [4.69, 9.17) is 10.8 Å². The summed E-state index contributed by atoms with van der Waals surface area (Å²) in [6.45, 7) is 0.119. The molecule has 0 aliphatic heterocycles. The van der Waals surface area contributed by atoms with Crippen LogP contribution < -0.4 is 5.73 Å². The van der Waals surface area contributed by atoms with Crippen molar-refractivity contribution in [2.24, 2.45) is 5.73 Å². The zero-order chi connectivity index (χ0) is 8.81. The van der Waals surface area contributed by atoms with Gasteiger partial charge in [0, 0.05) is 31.5 Å². The normalized spacial score (nSPS) is 12.8. The Hall–Kier alpha value is -1.00. The maximum Gasteiger partial charge on any atom is 0.129 e. The highest BCUT2D eigenvalue weighted by molar-refractivity contribution is 4.91. The molecule has 0 spiro atoms. The second-order valence-corrected chi connectivity index (χ2v) is 2.64. The lowest BCUT2D eigenvalue weighted by atomic mass is 10.1. The van der Waals surface area contributed by atoms with E-state index in [0.717, 1.165) is 5.82 Å². The molecule has 0 unspecified atom stereocenters. The van der Waals surface area contributed by atoms with Crippen molar-refractivity contribution >= 4 is 0 Å². The third-order valence-corrected chi connectivity index (χ3v) is 1.56. The molecule has 12 heavy (non-hydrogen) atoms. The predicted octanol–water partition coefficient (Wildman–Crippen LogP) is -0.271. The van der Waals surface area contributed by atoms with Crippen molar-refractivity contribution in [1.82, 2.24) is 9.97 Å². The summed E-state index contributed by atoms with van der Waals surface area (Å²) in [5, 5.41) is 8.59. The molecule has 4 nitrogen and oxygen atoms in total. The van der Waals surface area contributed by atoms with Gasteiger partial charge < -0.3 is 10.8 Å². The molecule has 1 aromatic rings. The van der Waals surface area contributed by atoms with E-state index in [-0.39, 0.29) is 12.6 Å². The summed E-state index contributed by atoms with van der Waals surface area (Å²) < 4.78 is 0. The second-order valence-electron chi connectivity index (χ2n) is 2.64. The molecule has 0 saturated heterocycles. The van der Waals surface area contributed by atoms with Gasteiger partial charge in [0.25, 0.3) is 0 Å². The maximum atomic E-state index is 8.59. The Balaban J connectivity index is 2.41. The van der Waals surface area contributed by atoms with Crippen LogP contribution in [0.2, 0.25) is 0 Å². The molecule has 0 amide bonds. The van der Waals surface area contributed by atoms with Crippen molar-refractivity contribution in [2.45, 2.75) is 18.9 Å². The smallest absolute Gasteiger partial charge is 0.129 e. The van der Waals surface area contributed by atoms with Gasteiger partial charge in [0.1, 0.15) is 5.82 Å². The highest BCUT2D eigenvalue weighted by atomic mass is 16.3. The van der Waals surface area contributed by atoms with Gasteiger partial charge in [-0.3, -0.25) is 0 Å². The van der Waals surface area contributed by atoms with E-state index >= 15 is 0 Å². The Morgan fingerprint density at radius 2 is 2.08 bits per heavy atom. The zero-order valence-electron chi connectivity index (χ0n) is 6.85. The fourth-order valence-electron chi connectivity index (χ4n) is 0.938. The summed E-state index contributed by atoms with van der Waals surface area (Å²) in [6, 6.07) is 1.72. The molecule has 0 radical (unpaired) electrons. The highest BCUT2D eigenvalue weighted by Crippen LogP contribution is 1.96. The summed E-state index contributed by atoms with van der Waals surface area (Å²) >= 11 is 0. The first kappa shape index (κ1) is 9.09. The molecule has 1 atom stereocenters. The molecule has 4 heteroatoms. The Bertz CT molecular complexity index is 215. The van der Waals surface area contributed by atoms with E-state index < -0.39 is 0 Å².